The summed E-state index contributed by atoms with van der Waals surface area (Å²) in [6.07, 6.45) is 2.94. The lowest BCUT2D eigenvalue weighted by Gasteiger charge is -2.36. The molecule has 1 atom stereocenters. The van der Waals surface area contributed by atoms with E-state index in [1.807, 2.05) is 23.6 Å². The molecule has 0 radical (unpaired) electrons. The van der Waals surface area contributed by atoms with Crippen molar-refractivity contribution in [3.8, 4) is 0 Å². The van der Waals surface area contributed by atoms with Crippen molar-refractivity contribution >= 4 is 23.2 Å². The molecule has 1 spiro atoms. The Kier molecular flexibility index (Phi) is 3.73. The van der Waals surface area contributed by atoms with Crippen LogP contribution in [0.5, 0.6) is 0 Å². The Morgan fingerprint density at radius 1 is 1.33 bits per heavy atom. The van der Waals surface area contributed by atoms with Gasteiger partial charge in [-0.3, -0.25) is 9.59 Å². The Bertz CT molecular complexity index is 543. The van der Waals surface area contributed by atoms with Crippen molar-refractivity contribution in [2.24, 2.45) is 5.92 Å². The van der Waals surface area contributed by atoms with Crippen molar-refractivity contribution in [3.63, 3.8) is 0 Å². The van der Waals surface area contributed by atoms with E-state index in [0.29, 0.717) is 12.2 Å². The zero-order valence-electron chi connectivity index (χ0n) is 12.5. The highest BCUT2D eigenvalue weighted by atomic mass is 32.1. The molecule has 2 aliphatic rings. The van der Waals surface area contributed by atoms with Gasteiger partial charge in [0.1, 0.15) is 5.69 Å². The number of hydrogen-bond donors (Lipinski definition) is 0. The van der Waals surface area contributed by atoms with Crippen LogP contribution in [0.4, 0.5) is 0 Å². The molecule has 21 heavy (non-hydrogen) atoms. The van der Waals surface area contributed by atoms with Gasteiger partial charge in [0, 0.05) is 30.9 Å². The van der Waals surface area contributed by atoms with Crippen LogP contribution >= 0.6 is 11.3 Å². The van der Waals surface area contributed by atoms with E-state index in [9.17, 15) is 9.59 Å². The largest absolute Gasteiger partial charge is 0.335 e. The standard InChI is InChI=1S/C15H21N3O2S/c1-11(2)13(19)18-6-3-4-15(18)5-7-17(9-15)14(20)12-8-21-10-16-12/h8,10-11H,3-7,9H2,1-2H3. The second-order valence-electron chi connectivity index (χ2n) is 6.32. The first kappa shape index (κ1) is 14.5. The fourth-order valence-corrected chi connectivity index (χ4v) is 4.05. The maximum absolute atomic E-state index is 12.4. The lowest BCUT2D eigenvalue weighted by molar-refractivity contribution is -0.138. The molecule has 1 aromatic heterocycles. The predicted molar refractivity (Wildman–Crippen MR) is 81.2 cm³/mol. The molecule has 2 aliphatic heterocycles. The number of hydrogen-bond acceptors (Lipinski definition) is 4. The van der Waals surface area contributed by atoms with Crippen molar-refractivity contribution in [2.75, 3.05) is 19.6 Å². The fourth-order valence-electron chi connectivity index (χ4n) is 3.53. The molecular formula is C15H21N3O2S. The van der Waals surface area contributed by atoms with E-state index in [0.717, 1.165) is 32.4 Å². The number of likely N-dealkylation sites (tertiary alicyclic amines) is 2. The van der Waals surface area contributed by atoms with Gasteiger partial charge in [0.25, 0.3) is 5.91 Å². The van der Waals surface area contributed by atoms with Gasteiger partial charge in [-0.2, -0.15) is 0 Å². The average Bonchev–Trinajstić information content (AvgIpc) is 3.19. The Morgan fingerprint density at radius 2 is 2.14 bits per heavy atom. The van der Waals surface area contributed by atoms with E-state index in [4.69, 9.17) is 0 Å². The summed E-state index contributed by atoms with van der Waals surface area (Å²) in [4.78, 5) is 32.8. The molecule has 2 fully saturated rings. The van der Waals surface area contributed by atoms with E-state index in [1.165, 1.54) is 11.3 Å². The van der Waals surface area contributed by atoms with Gasteiger partial charge in [-0.15, -0.1) is 11.3 Å². The van der Waals surface area contributed by atoms with E-state index in [-0.39, 0.29) is 23.3 Å². The van der Waals surface area contributed by atoms with E-state index >= 15 is 0 Å². The molecule has 6 heteroatoms. The minimum atomic E-state index is -0.132. The van der Waals surface area contributed by atoms with Gasteiger partial charge in [0.2, 0.25) is 5.91 Å². The molecule has 114 valence electrons. The molecule has 2 saturated heterocycles. The molecule has 3 rings (SSSR count). The number of carbonyl (C=O) groups excluding carboxylic acids is 2. The molecule has 0 aliphatic carbocycles. The van der Waals surface area contributed by atoms with Crippen molar-refractivity contribution in [2.45, 2.75) is 38.6 Å². The lowest BCUT2D eigenvalue weighted by atomic mass is 9.94. The number of carbonyl (C=O) groups is 2. The lowest BCUT2D eigenvalue weighted by Crippen LogP contribution is -2.51. The summed E-state index contributed by atoms with van der Waals surface area (Å²) < 4.78 is 0. The number of amides is 2. The first-order valence-corrected chi connectivity index (χ1v) is 8.47. The van der Waals surface area contributed by atoms with Gasteiger partial charge in [0.05, 0.1) is 11.0 Å². The Morgan fingerprint density at radius 3 is 2.81 bits per heavy atom. The minimum absolute atomic E-state index is 0.00280. The van der Waals surface area contributed by atoms with E-state index in [2.05, 4.69) is 4.98 Å². The number of thiazole rings is 1. The molecule has 0 saturated carbocycles. The second-order valence-corrected chi connectivity index (χ2v) is 7.04. The summed E-state index contributed by atoms with van der Waals surface area (Å²) in [7, 11) is 0. The molecule has 0 N–H and O–H groups in total. The van der Waals surface area contributed by atoms with Gasteiger partial charge in [-0.05, 0) is 19.3 Å². The third kappa shape index (κ3) is 2.46. The molecule has 2 amide bonds. The van der Waals surface area contributed by atoms with Crippen LogP contribution in [0.1, 0.15) is 43.6 Å². The molecule has 0 aromatic carbocycles. The molecule has 1 aromatic rings. The maximum atomic E-state index is 12.4. The van der Waals surface area contributed by atoms with Crippen LogP contribution in [0.25, 0.3) is 0 Å². The van der Waals surface area contributed by atoms with Crippen LogP contribution in [-0.2, 0) is 4.79 Å². The van der Waals surface area contributed by atoms with Gasteiger partial charge < -0.3 is 9.80 Å². The second kappa shape index (κ2) is 5.40. The highest BCUT2D eigenvalue weighted by molar-refractivity contribution is 7.07. The van der Waals surface area contributed by atoms with Crippen LogP contribution in [0.2, 0.25) is 0 Å². The van der Waals surface area contributed by atoms with Crippen molar-refractivity contribution in [1.29, 1.82) is 0 Å². The van der Waals surface area contributed by atoms with Crippen molar-refractivity contribution in [1.82, 2.24) is 14.8 Å². The predicted octanol–water partition coefficient (Wildman–Crippen LogP) is 2.01. The minimum Gasteiger partial charge on any atom is -0.335 e. The fraction of sp³-hybridized carbons (Fsp3) is 0.667. The van der Waals surface area contributed by atoms with Gasteiger partial charge >= 0.3 is 0 Å². The van der Waals surface area contributed by atoms with Crippen LogP contribution < -0.4 is 0 Å². The van der Waals surface area contributed by atoms with Gasteiger partial charge in [-0.1, -0.05) is 13.8 Å². The maximum Gasteiger partial charge on any atom is 0.273 e. The Labute approximate surface area is 129 Å². The Balaban J connectivity index is 1.76. The number of nitrogens with zero attached hydrogens (tertiary/aromatic N) is 3. The number of aromatic nitrogens is 1. The summed E-state index contributed by atoms with van der Waals surface area (Å²) >= 11 is 1.44. The summed E-state index contributed by atoms with van der Waals surface area (Å²) in [5.41, 5.74) is 2.08. The first-order chi connectivity index (χ1) is 10.0. The average molecular weight is 307 g/mol. The molecular weight excluding hydrogens is 286 g/mol. The van der Waals surface area contributed by atoms with Crippen LogP contribution in [0.15, 0.2) is 10.9 Å². The smallest absolute Gasteiger partial charge is 0.273 e. The molecule has 3 heterocycles. The topological polar surface area (TPSA) is 53.5 Å². The summed E-state index contributed by atoms with van der Waals surface area (Å²) in [6.45, 7) is 6.10. The van der Waals surface area contributed by atoms with Crippen LogP contribution in [0.3, 0.4) is 0 Å². The summed E-state index contributed by atoms with van der Waals surface area (Å²) in [5, 5.41) is 1.79. The van der Waals surface area contributed by atoms with Crippen LogP contribution in [-0.4, -0.2) is 51.8 Å². The third-order valence-corrected chi connectivity index (χ3v) is 5.21. The molecule has 1 unspecified atom stereocenters. The van der Waals surface area contributed by atoms with Crippen molar-refractivity contribution < 1.29 is 9.59 Å². The first-order valence-electron chi connectivity index (χ1n) is 7.52. The summed E-state index contributed by atoms with van der Waals surface area (Å²) in [6, 6.07) is 0. The zero-order valence-corrected chi connectivity index (χ0v) is 13.4. The SMILES string of the molecule is CC(C)C(=O)N1CCCC12CCN(C(=O)c1cscn1)C2. The van der Waals surface area contributed by atoms with Crippen LogP contribution in [0, 0.1) is 5.92 Å². The summed E-state index contributed by atoms with van der Waals surface area (Å²) in [5.74, 6) is 0.232. The normalized spacial score (nSPS) is 25.3. The highest BCUT2D eigenvalue weighted by Gasteiger charge is 2.49. The molecule has 0 bridgehead atoms. The zero-order chi connectivity index (χ0) is 15.0. The molecule has 5 nitrogen and oxygen atoms in total. The third-order valence-electron chi connectivity index (χ3n) is 4.63. The number of rotatable bonds is 2. The Hall–Kier alpha value is -1.43. The van der Waals surface area contributed by atoms with Gasteiger partial charge in [-0.25, -0.2) is 4.98 Å². The highest BCUT2D eigenvalue weighted by Crippen LogP contribution is 2.38. The van der Waals surface area contributed by atoms with E-state index in [1.54, 1.807) is 10.9 Å². The van der Waals surface area contributed by atoms with Crippen molar-refractivity contribution in [3.05, 3.63) is 16.6 Å². The van der Waals surface area contributed by atoms with Gasteiger partial charge in [0.15, 0.2) is 0 Å². The van der Waals surface area contributed by atoms with E-state index < -0.39 is 0 Å². The quantitative estimate of drug-likeness (QED) is 0.840. The monoisotopic (exact) mass is 307 g/mol.